The zero-order valence-electron chi connectivity index (χ0n) is 14.1. The topological polar surface area (TPSA) is 33.7 Å². The molecule has 1 saturated carbocycles. The largest absolute Gasteiger partial charge is 0.493 e. The lowest BCUT2D eigenvalue weighted by Gasteiger charge is -2.32. The summed E-state index contributed by atoms with van der Waals surface area (Å²) in [6.45, 7) is 4.32. The number of nitrogens with zero attached hydrogens (tertiary/aromatic N) is 1. The fraction of sp³-hybridized carbons (Fsp3) is 0.667. The van der Waals surface area contributed by atoms with Gasteiger partial charge in [-0.3, -0.25) is 4.90 Å². The molecule has 1 aromatic carbocycles. The molecule has 0 unspecified atom stereocenters. The predicted octanol–water partition coefficient (Wildman–Crippen LogP) is 3.32. The van der Waals surface area contributed by atoms with Gasteiger partial charge in [0.25, 0.3) is 0 Å². The molecule has 23 heavy (non-hydrogen) atoms. The van der Waals surface area contributed by atoms with Gasteiger partial charge in [-0.1, -0.05) is 17.7 Å². The number of piperidine rings is 1. The van der Waals surface area contributed by atoms with Crippen LogP contribution in [0.3, 0.4) is 0 Å². The quantitative estimate of drug-likeness (QED) is 0.827. The van der Waals surface area contributed by atoms with Crippen LogP contribution in [0.15, 0.2) is 12.1 Å². The van der Waals surface area contributed by atoms with Crippen molar-refractivity contribution in [2.24, 2.45) is 5.92 Å². The van der Waals surface area contributed by atoms with E-state index in [9.17, 15) is 0 Å². The summed E-state index contributed by atoms with van der Waals surface area (Å²) in [4.78, 5) is 2.47. The maximum Gasteiger partial charge on any atom is 0.179 e. The number of halogens is 1. The van der Waals surface area contributed by atoms with Crippen LogP contribution in [-0.4, -0.2) is 44.8 Å². The molecule has 2 aliphatic rings. The highest BCUT2D eigenvalue weighted by molar-refractivity contribution is 6.33. The summed E-state index contributed by atoms with van der Waals surface area (Å²) in [6, 6.07) is 4.66. The maximum absolute atomic E-state index is 6.49. The first-order valence-electron chi connectivity index (χ1n) is 8.56. The van der Waals surface area contributed by atoms with Crippen molar-refractivity contribution in [2.75, 3.05) is 33.9 Å². The van der Waals surface area contributed by atoms with Crippen molar-refractivity contribution < 1.29 is 9.47 Å². The van der Waals surface area contributed by atoms with E-state index in [0.717, 1.165) is 31.1 Å². The van der Waals surface area contributed by atoms with Crippen molar-refractivity contribution in [3.05, 3.63) is 22.7 Å². The average Bonchev–Trinajstić information content (AvgIpc) is 3.40. The molecule has 5 heteroatoms. The number of benzene rings is 1. The van der Waals surface area contributed by atoms with Crippen LogP contribution < -0.4 is 14.8 Å². The number of likely N-dealkylation sites (tertiary alicyclic amines) is 1. The molecule has 128 valence electrons. The highest BCUT2D eigenvalue weighted by Gasteiger charge is 2.25. The SMILES string of the molecule is COc1ccc(CN2CCC(NCC3CC3)CC2)c(Cl)c1OC. The molecule has 4 nitrogen and oxygen atoms in total. The van der Waals surface area contributed by atoms with E-state index in [-0.39, 0.29) is 0 Å². The molecule has 1 aliphatic heterocycles. The summed E-state index contributed by atoms with van der Waals surface area (Å²) in [7, 11) is 3.26. The molecule has 1 aliphatic carbocycles. The first kappa shape index (κ1) is 16.9. The summed E-state index contributed by atoms with van der Waals surface area (Å²) >= 11 is 6.49. The normalized spacial score (nSPS) is 19.8. The fourth-order valence-corrected chi connectivity index (χ4v) is 3.54. The van der Waals surface area contributed by atoms with E-state index < -0.39 is 0 Å². The van der Waals surface area contributed by atoms with E-state index in [1.54, 1.807) is 14.2 Å². The Hall–Kier alpha value is -0.970. The average molecular weight is 339 g/mol. The number of nitrogens with one attached hydrogen (secondary N) is 1. The summed E-state index contributed by atoms with van der Waals surface area (Å²) in [5.74, 6) is 2.27. The van der Waals surface area contributed by atoms with Gasteiger partial charge in [0, 0.05) is 12.6 Å². The van der Waals surface area contributed by atoms with E-state index >= 15 is 0 Å². The zero-order valence-corrected chi connectivity index (χ0v) is 14.9. The molecule has 0 bridgehead atoms. The minimum atomic E-state index is 0.632. The smallest absolute Gasteiger partial charge is 0.179 e. The van der Waals surface area contributed by atoms with Gasteiger partial charge < -0.3 is 14.8 Å². The van der Waals surface area contributed by atoms with Crippen molar-refractivity contribution in [1.29, 1.82) is 0 Å². The Morgan fingerprint density at radius 1 is 1.13 bits per heavy atom. The standard InChI is InChI=1S/C18H27ClN2O2/c1-22-16-6-5-14(17(19)18(16)23-2)12-21-9-7-15(8-10-21)20-11-13-3-4-13/h5-6,13,15,20H,3-4,7-12H2,1-2H3. The highest BCUT2D eigenvalue weighted by atomic mass is 35.5. The third kappa shape index (κ3) is 4.31. The molecule has 0 amide bonds. The maximum atomic E-state index is 6.49. The molecule has 1 saturated heterocycles. The van der Waals surface area contributed by atoms with E-state index in [1.807, 2.05) is 12.1 Å². The van der Waals surface area contributed by atoms with Crippen LogP contribution in [0.5, 0.6) is 11.5 Å². The minimum Gasteiger partial charge on any atom is -0.493 e. The van der Waals surface area contributed by atoms with Crippen LogP contribution in [-0.2, 0) is 6.54 Å². The van der Waals surface area contributed by atoms with Gasteiger partial charge in [0.1, 0.15) is 0 Å². The van der Waals surface area contributed by atoms with Crippen LogP contribution in [0.2, 0.25) is 5.02 Å². The molecule has 0 spiro atoms. The summed E-state index contributed by atoms with van der Waals surface area (Å²) in [5.41, 5.74) is 1.11. The first-order chi connectivity index (χ1) is 11.2. The minimum absolute atomic E-state index is 0.632. The van der Waals surface area contributed by atoms with Gasteiger partial charge in [-0.25, -0.2) is 0 Å². The van der Waals surface area contributed by atoms with Gasteiger partial charge in [-0.05, 0) is 62.9 Å². The van der Waals surface area contributed by atoms with Gasteiger partial charge in [-0.2, -0.15) is 0 Å². The van der Waals surface area contributed by atoms with Crippen LogP contribution >= 0.6 is 11.6 Å². The number of hydrogen-bond donors (Lipinski definition) is 1. The van der Waals surface area contributed by atoms with E-state index in [2.05, 4.69) is 10.2 Å². The van der Waals surface area contributed by atoms with Crippen molar-refractivity contribution in [3.8, 4) is 11.5 Å². The van der Waals surface area contributed by atoms with Crippen molar-refractivity contribution in [2.45, 2.75) is 38.3 Å². The first-order valence-corrected chi connectivity index (χ1v) is 8.94. The van der Waals surface area contributed by atoms with Gasteiger partial charge in [0.2, 0.25) is 0 Å². The number of ether oxygens (including phenoxy) is 2. The van der Waals surface area contributed by atoms with E-state index in [1.165, 1.54) is 32.2 Å². The van der Waals surface area contributed by atoms with Crippen LogP contribution in [0.1, 0.15) is 31.2 Å². The van der Waals surface area contributed by atoms with E-state index in [4.69, 9.17) is 21.1 Å². The lowest BCUT2D eigenvalue weighted by Crippen LogP contribution is -2.42. The fourth-order valence-electron chi connectivity index (χ4n) is 3.24. The second-order valence-corrected chi connectivity index (χ2v) is 7.05. The van der Waals surface area contributed by atoms with Crippen molar-refractivity contribution >= 4 is 11.6 Å². The third-order valence-electron chi connectivity index (χ3n) is 4.94. The van der Waals surface area contributed by atoms with Crippen LogP contribution in [0.25, 0.3) is 0 Å². The molecule has 0 aromatic heterocycles. The Morgan fingerprint density at radius 3 is 2.48 bits per heavy atom. The predicted molar refractivity (Wildman–Crippen MR) is 93.6 cm³/mol. The van der Waals surface area contributed by atoms with Gasteiger partial charge >= 0.3 is 0 Å². The van der Waals surface area contributed by atoms with Gasteiger partial charge in [0.15, 0.2) is 11.5 Å². The molecule has 1 N–H and O–H groups in total. The molecular weight excluding hydrogens is 312 g/mol. The number of hydrogen-bond acceptors (Lipinski definition) is 4. The Kier molecular flexibility index (Phi) is 5.67. The van der Waals surface area contributed by atoms with Crippen molar-refractivity contribution in [3.63, 3.8) is 0 Å². The molecule has 3 rings (SSSR count). The number of rotatable bonds is 7. The molecule has 1 aromatic rings. The summed E-state index contributed by atoms with van der Waals surface area (Å²) < 4.78 is 10.7. The van der Waals surface area contributed by atoms with Crippen molar-refractivity contribution in [1.82, 2.24) is 10.2 Å². The molecule has 0 radical (unpaired) electrons. The molecular formula is C18H27ClN2O2. The summed E-state index contributed by atoms with van der Waals surface area (Å²) in [6.07, 6.45) is 5.28. The summed E-state index contributed by atoms with van der Waals surface area (Å²) in [5, 5.41) is 4.39. The van der Waals surface area contributed by atoms with Gasteiger partial charge in [-0.15, -0.1) is 0 Å². The Morgan fingerprint density at radius 2 is 1.87 bits per heavy atom. The monoisotopic (exact) mass is 338 g/mol. The highest BCUT2D eigenvalue weighted by Crippen LogP contribution is 2.38. The zero-order chi connectivity index (χ0) is 16.2. The van der Waals surface area contributed by atoms with Crippen LogP contribution in [0.4, 0.5) is 0 Å². The second kappa shape index (κ2) is 7.73. The third-order valence-corrected chi connectivity index (χ3v) is 5.35. The van der Waals surface area contributed by atoms with Gasteiger partial charge in [0.05, 0.1) is 19.2 Å². The Balaban J connectivity index is 1.53. The Labute approximate surface area is 144 Å². The lowest BCUT2D eigenvalue weighted by atomic mass is 10.0. The number of methoxy groups -OCH3 is 2. The Bertz CT molecular complexity index is 526. The molecule has 2 fully saturated rings. The van der Waals surface area contributed by atoms with Crippen LogP contribution in [0, 0.1) is 5.92 Å². The molecule has 1 heterocycles. The lowest BCUT2D eigenvalue weighted by molar-refractivity contribution is 0.190. The second-order valence-electron chi connectivity index (χ2n) is 6.68. The van der Waals surface area contributed by atoms with E-state index in [0.29, 0.717) is 22.6 Å². The molecule has 0 atom stereocenters.